The van der Waals surface area contributed by atoms with E-state index >= 15 is 0 Å². The molecule has 0 aromatic heterocycles. The standard InChI is InChI=1S/C7H2ClF4NO2/c8-4-2-5(9)3(7(10,11)12)1-6(4)13(14)15/h1-2H. The van der Waals surface area contributed by atoms with E-state index in [4.69, 9.17) is 11.6 Å². The molecule has 0 unspecified atom stereocenters. The number of hydrogen-bond acceptors (Lipinski definition) is 2. The number of nitrogens with zero attached hydrogens (tertiary/aromatic N) is 1. The molecule has 8 heteroatoms. The zero-order valence-electron chi connectivity index (χ0n) is 6.81. The summed E-state index contributed by atoms with van der Waals surface area (Å²) in [4.78, 5) is 9.13. The van der Waals surface area contributed by atoms with Crippen LogP contribution >= 0.6 is 11.6 Å². The average Bonchev–Trinajstić information content (AvgIpc) is 2.00. The number of nitro groups is 1. The molecule has 0 heterocycles. The molecule has 0 amide bonds. The van der Waals surface area contributed by atoms with Crippen LogP contribution < -0.4 is 0 Å². The van der Waals surface area contributed by atoms with Crippen molar-refractivity contribution in [2.75, 3.05) is 0 Å². The number of nitro benzene ring substituents is 1. The van der Waals surface area contributed by atoms with Gasteiger partial charge in [0.05, 0.1) is 10.5 Å². The first-order valence-electron chi connectivity index (χ1n) is 3.44. The van der Waals surface area contributed by atoms with Gasteiger partial charge in [-0.05, 0) is 0 Å². The Morgan fingerprint density at radius 3 is 2.27 bits per heavy atom. The molecule has 0 aliphatic rings. The van der Waals surface area contributed by atoms with E-state index in [2.05, 4.69) is 0 Å². The molecule has 1 rings (SSSR count). The highest BCUT2D eigenvalue weighted by Crippen LogP contribution is 2.36. The van der Waals surface area contributed by atoms with Crippen LogP contribution in [0.15, 0.2) is 12.1 Å². The lowest BCUT2D eigenvalue weighted by atomic mass is 10.2. The van der Waals surface area contributed by atoms with E-state index < -0.39 is 33.2 Å². The molecule has 0 aliphatic carbocycles. The summed E-state index contributed by atoms with van der Waals surface area (Å²) >= 11 is 5.20. The summed E-state index contributed by atoms with van der Waals surface area (Å²) in [6, 6.07) is 0.334. The van der Waals surface area contributed by atoms with Gasteiger partial charge in [-0.2, -0.15) is 13.2 Å². The van der Waals surface area contributed by atoms with Gasteiger partial charge in [-0.25, -0.2) is 4.39 Å². The van der Waals surface area contributed by atoms with E-state index in [0.29, 0.717) is 0 Å². The Morgan fingerprint density at radius 1 is 1.33 bits per heavy atom. The van der Waals surface area contributed by atoms with Crippen LogP contribution in [0.4, 0.5) is 23.2 Å². The first kappa shape index (κ1) is 11.7. The van der Waals surface area contributed by atoms with E-state index in [1.165, 1.54) is 0 Å². The molecule has 0 saturated carbocycles. The molecule has 0 fully saturated rings. The lowest BCUT2D eigenvalue weighted by Crippen LogP contribution is -2.09. The quantitative estimate of drug-likeness (QED) is 0.431. The molecule has 0 N–H and O–H groups in total. The lowest BCUT2D eigenvalue weighted by molar-refractivity contribution is -0.385. The van der Waals surface area contributed by atoms with Crippen molar-refractivity contribution in [3.63, 3.8) is 0 Å². The Bertz CT molecular complexity index is 418. The molecule has 82 valence electrons. The Morgan fingerprint density at radius 2 is 1.87 bits per heavy atom. The molecule has 0 aliphatic heterocycles. The van der Waals surface area contributed by atoms with Crippen molar-refractivity contribution in [1.82, 2.24) is 0 Å². The second-order valence-corrected chi connectivity index (χ2v) is 2.95. The second kappa shape index (κ2) is 3.65. The molecule has 0 spiro atoms. The number of hydrogen-bond donors (Lipinski definition) is 0. The van der Waals surface area contributed by atoms with Crippen LogP contribution in [0.2, 0.25) is 5.02 Å². The highest BCUT2D eigenvalue weighted by atomic mass is 35.5. The van der Waals surface area contributed by atoms with Crippen LogP contribution in [0.1, 0.15) is 5.56 Å². The van der Waals surface area contributed by atoms with Gasteiger partial charge in [0.2, 0.25) is 0 Å². The first-order chi connectivity index (χ1) is 6.73. The maximum Gasteiger partial charge on any atom is 0.419 e. The topological polar surface area (TPSA) is 43.1 Å². The van der Waals surface area contributed by atoms with Crippen molar-refractivity contribution in [2.45, 2.75) is 6.18 Å². The third-order valence-electron chi connectivity index (χ3n) is 1.54. The minimum Gasteiger partial charge on any atom is -0.258 e. The SMILES string of the molecule is O=[N+]([O-])c1cc(C(F)(F)F)c(F)cc1Cl. The van der Waals surface area contributed by atoms with Gasteiger partial charge in [-0.1, -0.05) is 11.6 Å². The van der Waals surface area contributed by atoms with Crippen LogP contribution in [0.25, 0.3) is 0 Å². The van der Waals surface area contributed by atoms with Crippen molar-refractivity contribution in [1.29, 1.82) is 0 Å². The molecular formula is C7H2ClF4NO2. The van der Waals surface area contributed by atoms with Gasteiger partial charge in [0.25, 0.3) is 5.69 Å². The summed E-state index contributed by atoms with van der Waals surface area (Å²) in [6.07, 6.45) is -4.99. The van der Waals surface area contributed by atoms with Gasteiger partial charge >= 0.3 is 6.18 Å². The van der Waals surface area contributed by atoms with E-state index in [1.807, 2.05) is 0 Å². The minimum absolute atomic E-state index is 0.0671. The van der Waals surface area contributed by atoms with Gasteiger partial charge in [0.1, 0.15) is 10.8 Å². The number of alkyl halides is 3. The van der Waals surface area contributed by atoms with Gasteiger partial charge in [0, 0.05) is 12.1 Å². The van der Waals surface area contributed by atoms with Crippen LogP contribution in [-0.2, 0) is 6.18 Å². The highest BCUT2D eigenvalue weighted by Gasteiger charge is 2.36. The van der Waals surface area contributed by atoms with E-state index in [9.17, 15) is 27.7 Å². The van der Waals surface area contributed by atoms with Gasteiger partial charge in [0.15, 0.2) is 0 Å². The van der Waals surface area contributed by atoms with Crippen LogP contribution in [0.5, 0.6) is 0 Å². The number of benzene rings is 1. The normalized spacial score (nSPS) is 11.5. The summed E-state index contributed by atoms with van der Waals surface area (Å²) in [7, 11) is 0. The van der Waals surface area contributed by atoms with Gasteiger partial charge in [-0.15, -0.1) is 0 Å². The zero-order valence-corrected chi connectivity index (χ0v) is 7.56. The maximum atomic E-state index is 12.8. The molecule has 1 aromatic carbocycles. The smallest absolute Gasteiger partial charge is 0.258 e. The van der Waals surface area contributed by atoms with E-state index in [1.54, 1.807) is 0 Å². The summed E-state index contributed by atoms with van der Waals surface area (Å²) in [6.45, 7) is 0. The Hall–Kier alpha value is -1.37. The number of rotatable bonds is 1. The molecule has 0 atom stereocenters. The highest BCUT2D eigenvalue weighted by molar-refractivity contribution is 6.32. The van der Waals surface area contributed by atoms with E-state index in [0.717, 1.165) is 0 Å². The molecule has 0 bridgehead atoms. The van der Waals surface area contributed by atoms with Crippen LogP contribution in [-0.4, -0.2) is 4.92 Å². The van der Waals surface area contributed by atoms with Gasteiger partial charge < -0.3 is 0 Å². The van der Waals surface area contributed by atoms with Crippen LogP contribution in [0.3, 0.4) is 0 Å². The van der Waals surface area contributed by atoms with Gasteiger partial charge in [-0.3, -0.25) is 10.1 Å². The molecule has 3 nitrogen and oxygen atoms in total. The second-order valence-electron chi connectivity index (χ2n) is 2.54. The monoisotopic (exact) mass is 243 g/mol. The first-order valence-corrected chi connectivity index (χ1v) is 3.82. The molecule has 1 aromatic rings. The van der Waals surface area contributed by atoms with Crippen molar-refractivity contribution in [2.24, 2.45) is 0 Å². The molecule has 15 heavy (non-hydrogen) atoms. The summed E-state index contributed by atoms with van der Waals surface area (Å²) in [5, 5.41) is 9.57. The summed E-state index contributed by atoms with van der Waals surface area (Å²) < 4.78 is 49.1. The molecular weight excluding hydrogens is 242 g/mol. The predicted octanol–water partition coefficient (Wildman–Crippen LogP) is 3.41. The fraction of sp³-hybridized carbons (Fsp3) is 0.143. The largest absolute Gasteiger partial charge is 0.419 e. The Balaban J connectivity index is 3.43. The fourth-order valence-corrected chi connectivity index (χ4v) is 1.11. The van der Waals surface area contributed by atoms with Crippen molar-refractivity contribution in [3.05, 3.63) is 38.7 Å². The van der Waals surface area contributed by atoms with Crippen molar-refractivity contribution < 1.29 is 22.5 Å². The Labute approximate surface area is 85.4 Å². The van der Waals surface area contributed by atoms with Crippen molar-refractivity contribution in [3.8, 4) is 0 Å². The summed E-state index contributed by atoms with van der Waals surface area (Å²) in [5.74, 6) is -1.64. The average molecular weight is 244 g/mol. The lowest BCUT2D eigenvalue weighted by Gasteiger charge is -2.07. The van der Waals surface area contributed by atoms with E-state index in [-0.39, 0.29) is 12.1 Å². The third-order valence-corrected chi connectivity index (χ3v) is 1.84. The van der Waals surface area contributed by atoms with Crippen LogP contribution in [0, 0.1) is 15.9 Å². The Kier molecular flexibility index (Phi) is 2.85. The van der Waals surface area contributed by atoms with Crippen molar-refractivity contribution >= 4 is 17.3 Å². The fourth-order valence-electron chi connectivity index (χ4n) is 0.895. The zero-order chi connectivity index (χ0) is 11.8. The molecule has 0 radical (unpaired) electrons. The minimum atomic E-state index is -4.99. The summed E-state index contributed by atoms with van der Waals surface area (Å²) in [5.41, 5.74) is -2.69. The predicted molar refractivity (Wildman–Crippen MR) is 43.1 cm³/mol. The molecule has 0 saturated heterocycles. The maximum absolute atomic E-state index is 12.8. The third kappa shape index (κ3) is 2.35. The number of halogens is 5.